The molecule has 0 aliphatic carbocycles. The zero-order valence-electron chi connectivity index (χ0n) is 16.8. The van der Waals surface area contributed by atoms with Gasteiger partial charge in [-0.2, -0.15) is 0 Å². The Morgan fingerprint density at radius 3 is 2.61 bits per heavy atom. The van der Waals surface area contributed by atoms with Crippen molar-refractivity contribution < 1.29 is 14.3 Å². The van der Waals surface area contributed by atoms with Crippen molar-refractivity contribution in [1.29, 1.82) is 0 Å². The second kappa shape index (κ2) is 8.62. The highest BCUT2D eigenvalue weighted by Crippen LogP contribution is 2.30. The lowest BCUT2D eigenvalue weighted by atomic mass is 9.96. The largest absolute Gasteiger partial charge is 0.378 e. The third-order valence-electron chi connectivity index (χ3n) is 6.44. The normalized spacial score (nSPS) is 29.3. The molecule has 3 heterocycles. The Morgan fingerprint density at radius 2 is 1.86 bits per heavy atom. The van der Waals surface area contributed by atoms with Gasteiger partial charge >= 0.3 is 0 Å². The number of carbonyl (C=O) groups excluding carboxylic acids is 2. The van der Waals surface area contributed by atoms with E-state index in [0.29, 0.717) is 39.4 Å². The first-order valence-corrected chi connectivity index (χ1v) is 10.6. The van der Waals surface area contributed by atoms with Gasteiger partial charge in [0.25, 0.3) is 0 Å². The van der Waals surface area contributed by atoms with Crippen molar-refractivity contribution in [2.75, 3.05) is 45.9 Å². The molecule has 0 saturated carbocycles. The number of piperidine rings is 1. The van der Waals surface area contributed by atoms with Crippen LogP contribution in [0.2, 0.25) is 0 Å². The number of nitrogens with zero attached hydrogens (tertiary/aromatic N) is 3. The first-order valence-electron chi connectivity index (χ1n) is 10.6. The van der Waals surface area contributed by atoms with E-state index in [1.807, 2.05) is 28.0 Å². The van der Waals surface area contributed by atoms with E-state index in [1.165, 1.54) is 5.56 Å². The molecule has 2 amide bonds. The lowest BCUT2D eigenvalue weighted by Gasteiger charge is -2.37. The van der Waals surface area contributed by atoms with Gasteiger partial charge in [0.15, 0.2) is 0 Å². The van der Waals surface area contributed by atoms with E-state index in [0.717, 1.165) is 25.9 Å². The van der Waals surface area contributed by atoms with E-state index in [4.69, 9.17) is 4.74 Å². The Morgan fingerprint density at radius 1 is 1.11 bits per heavy atom. The maximum atomic E-state index is 13.2. The summed E-state index contributed by atoms with van der Waals surface area (Å²) in [4.78, 5) is 32.4. The minimum absolute atomic E-state index is 0.00426. The molecular formula is C22H31N3O3. The van der Waals surface area contributed by atoms with Crippen LogP contribution in [0.5, 0.6) is 0 Å². The van der Waals surface area contributed by atoms with Crippen LogP contribution in [0.25, 0.3) is 0 Å². The zero-order valence-corrected chi connectivity index (χ0v) is 16.8. The average Bonchev–Trinajstić information content (AvgIpc) is 3.12. The summed E-state index contributed by atoms with van der Waals surface area (Å²) in [6.45, 7) is 7.82. The van der Waals surface area contributed by atoms with Gasteiger partial charge in [-0.3, -0.25) is 14.5 Å². The number of morpholine rings is 1. The van der Waals surface area contributed by atoms with Crippen LogP contribution < -0.4 is 0 Å². The van der Waals surface area contributed by atoms with Gasteiger partial charge in [-0.25, -0.2) is 0 Å². The number of benzene rings is 1. The van der Waals surface area contributed by atoms with Crippen LogP contribution in [0.1, 0.15) is 25.3 Å². The molecule has 0 N–H and O–H groups in total. The Kier molecular flexibility index (Phi) is 5.97. The molecule has 28 heavy (non-hydrogen) atoms. The molecule has 3 aliphatic rings. The number of ether oxygens (including phenoxy) is 1. The summed E-state index contributed by atoms with van der Waals surface area (Å²) in [5, 5.41) is 0. The Bertz CT molecular complexity index is 690. The van der Waals surface area contributed by atoms with Gasteiger partial charge in [0.05, 0.1) is 25.2 Å². The molecule has 0 aromatic heterocycles. The molecule has 6 nitrogen and oxygen atoms in total. The highest BCUT2D eigenvalue weighted by molar-refractivity contribution is 5.83. The Hall–Kier alpha value is -1.92. The summed E-state index contributed by atoms with van der Waals surface area (Å²) in [5.41, 5.74) is 1.17. The molecule has 0 spiro atoms. The molecular weight excluding hydrogens is 354 g/mol. The van der Waals surface area contributed by atoms with E-state index in [9.17, 15) is 9.59 Å². The highest BCUT2D eigenvalue weighted by atomic mass is 16.5. The Balaban J connectivity index is 1.39. The molecule has 3 saturated heterocycles. The van der Waals surface area contributed by atoms with Crippen LogP contribution in [-0.2, 0) is 20.9 Å². The minimum atomic E-state index is -0.0811. The van der Waals surface area contributed by atoms with Gasteiger partial charge in [-0.15, -0.1) is 0 Å². The van der Waals surface area contributed by atoms with E-state index < -0.39 is 0 Å². The second-order valence-corrected chi connectivity index (χ2v) is 8.38. The molecule has 0 bridgehead atoms. The summed E-state index contributed by atoms with van der Waals surface area (Å²) in [5.74, 6) is 0.743. The number of likely N-dealkylation sites (tertiary alicyclic amines) is 2. The van der Waals surface area contributed by atoms with Crippen molar-refractivity contribution in [3.05, 3.63) is 35.9 Å². The number of hydrogen-bond donors (Lipinski definition) is 0. The van der Waals surface area contributed by atoms with E-state index in [2.05, 4.69) is 24.0 Å². The molecule has 1 unspecified atom stereocenters. The monoisotopic (exact) mass is 385 g/mol. The molecule has 3 fully saturated rings. The van der Waals surface area contributed by atoms with Crippen LogP contribution in [-0.4, -0.2) is 78.5 Å². The van der Waals surface area contributed by atoms with Gasteiger partial charge in [-0.1, -0.05) is 37.3 Å². The van der Waals surface area contributed by atoms with Crippen molar-refractivity contribution >= 4 is 11.8 Å². The lowest BCUT2D eigenvalue weighted by Crippen LogP contribution is -2.52. The van der Waals surface area contributed by atoms with Crippen molar-refractivity contribution in [3.63, 3.8) is 0 Å². The maximum absolute atomic E-state index is 13.2. The van der Waals surface area contributed by atoms with Gasteiger partial charge < -0.3 is 14.5 Å². The third-order valence-corrected chi connectivity index (χ3v) is 6.44. The van der Waals surface area contributed by atoms with Gasteiger partial charge in [0, 0.05) is 39.3 Å². The average molecular weight is 386 g/mol. The Labute approximate surface area is 167 Å². The summed E-state index contributed by atoms with van der Waals surface area (Å²) >= 11 is 0. The van der Waals surface area contributed by atoms with Gasteiger partial charge in [0.2, 0.25) is 11.8 Å². The van der Waals surface area contributed by atoms with E-state index >= 15 is 0 Å². The fourth-order valence-electron chi connectivity index (χ4n) is 4.82. The summed E-state index contributed by atoms with van der Waals surface area (Å²) in [6, 6.07) is 10.1. The second-order valence-electron chi connectivity index (χ2n) is 8.38. The van der Waals surface area contributed by atoms with Crippen molar-refractivity contribution in [1.82, 2.24) is 14.7 Å². The number of amides is 2. The standard InChI is InChI=1S/C22H31N3O3/c1-17-14-25(16-19(17)21(26)23-10-12-28-13-11-23)20-8-5-9-24(22(20)27)15-18-6-3-2-4-7-18/h2-4,6-7,17,19-20H,5,8-16H2,1H3/t17-,19-,20?/m1/s1. The van der Waals surface area contributed by atoms with Crippen LogP contribution in [0.3, 0.4) is 0 Å². The first kappa shape index (κ1) is 19.4. The molecule has 0 radical (unpaired) electrons. The fourth-order valence-corrected chi connectivity index (χ4v) is 4.82. The fraction of sp³-hybridized carbons (Fsp3) is 0.636. The van der Waals surface area contributed by atoms with Crippen molar-refractivity contribution in [2.24, 2.45) is 11.8 Å². The van der Waals surface area contributed by atoms with Crippen molar-refractivity contribution in [3.8, 4) is 0 Å². The maximum Gasteiger partial charge on any atom is 0.240 e. The quantitative estimate of drug-likeness (QED) is 0.790. The van der Waals surface area contributed by atoms with E-state index in [-0.39, 0.29) is 29.7 Å². The van der Waals surface area contributed by atoms with E-state index in [1.54, 1.807) is 0 Å². The van der Waals surface area contributed by atoms with Crippen LogP contribution in [0, 0.1) is 11.8 Å². The summed E-state index contributed by atoms with van der Waals surface area (Å²) in [6.07, 6.45) is 1.92. The predicted octanol–water partition coefficient (Wildman–Crippen LogP) is 1.60. The number of hydrogen-bond acceptors (Lipinski definition) is 4. The van der Waals surface area contributed by atoms with Crippen molar-refractivity contribution in [2.45, 2.75) is 32.4 Å². The van der Waals surface area contributed by atoms with Gasteiger partial charge in [-0.05, 0) is 24.3 Å². The molecule has 1 aromatic carbocycles. The predicted molar refractivity (Wildman–Crippen MR) is 107 cm³/mol. The summed E-state index contributed by atoms with van der Waals surface area (Å²) < 4.78 is 5.38. The lowest BCUT2D eigenvalue weighted by molar-refractivity contribution is -0.142. The third kappa shape index (κ3) is 4.08. The SMILES string of the molecule is C[C@@H]1CN(C2CCCN(Cc3ccccc3)C2=O)C[C@H]1C(=O)N1CCOCC1. The first-order chi connectivity index (χ1) is 13.6. The highest BCUT2D eigenvalue weighted by Gasteiger charge is 2.43. The minimum Gasteiger partial charge on any atom is -0.378 e. The molecule has 4 rings (SSSR count). The molecule has 6 heteroatoms. The smallest absolute Gasteiger partial charge is 0.240 e. The topological polar surface area (TPSA) is 53.1 Å². The van der Waals surface area contributed by atoms with Crippen LogP contribution in [0.4, 0.5) is 0 Å². The molecule has 152 valence electrons. The summed E-state index contributed by atoms with van der Waals surface area (Å²) in [7, 11) is 0. The number of rotatable bonds is 4. The van der Waals surface area contributed by atoms with Crippen LogP contribution >= 0.6 is 0 Å². The molecule has 3 atom stereocenters. The molecule has 1 aromatic rings. The van der Waals surface area contributed by atoms with Crippen LogP contribution in [0.15, 0.2) is 30.3 Å². The number of carbonyl (C=O) groups is 2. The molecule has 3 aliphatic heterocycles. The zero-order chi connectivity index (χ0) is 19.5. The van der Waals surface area contributed by atoms with Gasteiger partial charge in [0.1, 0.15) is 0 Å².